The monoisotopic (exact) mass is 312 g/mol. The van der Waals surface area contributed by atoms with Crippen molar-refractivity contribution in [1.82, 2.24) is 5.32 Å². The third kappa shape index (κ3) is 3.25. The Labute approximate surface area is 118 Å². The standard InChI is InChI=1S/C14H21BrN2O/c1-10-8-17(9-11(2)18-10)14-5-4-13(15)6-12(14)7-16-3/h4-6,10-11,16H,7-9H2,1-3H3. The van der Waals surface area contributed by atoms with Crippen molar-refractivity contribution >= 4 is 21.6 Å². The summed E-state index contributed by atoms with van der Waals surface area (Å²) in [5.41, 5.74) is 2.64. The van der Waals surface area contributed by atoms with Crippen LogP contribution in [0.25, 0.3) is 0 Å². The molecule has 2 rings (SSSR count). The molecular formula is C14H21BrN2O. The number of halogens is 1. The van der Waals surface area contributed by atoms with Crippen molar-refractivity contribution in [2.24, 2.45) is 0 Å². The van der Waals surface area contributed by atoms with Crippen molar-refractivity contribution in [3.05, 3.63) is 28.2 Å². The SMILES string of the molecule is CNCc1cc(Br)ccc1N1CC(C)OC(C)C1. The fraction of sp³-hybridized carbons (Fsp3) is 0.571. The summed E-state index contributed by atoms with van der Waals surface area (Å²) < 4.78 is 6.93. The number of anilines is 1. The van der Waals surface area contributed by atoms with Gasteiger partial charge in [0.15, 0.2) is 0 Å². The largest absolute Gasteiger partial charge is 0.372 e. The lowest BCUT2D eigenvalue weighted by Crippen LogP contribution is -2.45. The van der Waals surface area contributed by atoms with Gasteiger partial charge in [-0.05, 0) is 44.7 Å². The molecule has 18 heavy (non-hydrogen) atoms. The summed E-state index contributed by atoms with van der Waals surface area (Å²) in [5, 5.41) is 3.23. The molecule has 1 N–H and O–H groups in total. The molecule has 0 radical (unpaired) electrons. The first-order valence-electron chi connectivity index (χ1n) is 6.43. The zero-order chi connectivity index (χ0) is 13.1. The van der Waals surface area contributed by atoms with E-state index in [4.69, 9.17) is 4.74 Å². The fourth-order valence-corrected chi connectivity index (χ4v) is 2.98. The van der Waals surface area contributed by atoms with Crippen molar-refractivity contribution in [3.63, 3.8) is 0 Å². The molecule has 3 nitrogen and oxygen atoms in total. The smallest absolute Gasteiger partial charge is 0.0726 e. The van der Waals surface area contributed by atoms with Gasteiger partial charge in [-0.3, -0.25) is 0 Å². The highest BCUT2D eigenvalue weighted by atomic mass is 79.9. The Kier molecular flexibility index (Phi) is 4.65. The minimum absolute atomic E-state index is 0.292. The second-order valence-electron chi connectivity index (χ2n) is 4.97. The molecule has 0 amide bonds. The Balaban J connectivity index is 2.25. The maximum atomic E-state index is 5.79. The van der Waals surface area contributed by atoms with E-state index in [1.807, 2.05) is 7.05 Å². The number of hydrogen-bond acceptors (Lipinski definition) is 3. The Morgan fingerprint density at radius 2 is 2.00 bits per heavy atom. The van der Waals surface area contributed by atoms with Gasteiger partial charge >= 0.3 is 0 Å². The van der Waals surface area contributed by atoms with E-state index >= 15 is 0 Å². The van der Waals surface area contributed by atoms with Crippen LogP contribution in [0.1, 0.15) is 19.4 Å². The first-order valence-corrected chi connectivity index (χ1v) is 7.23. The van der Waals surface area contributed by atoms with Crippen LogP contribution >= 0.6 is 15.9 Å². The molecule has 0 aliphatic carbocycles. The van der Waals surface area contributed by atoms with Gasteiger partial charge in [0.1, 0.15) is 0 Å². The molecule has 1 fully saturated rings. The quantitative estimate of drug-likeness (QED) is 0.929. The summed E-state index contributed by atoms with van der Waals surface area (Å²) in [6.07, 6.45) is 0.583. The molecule has 1 aliphatic rings. The Morgan fingerprint density at radius 3 is 2.61 bits per heavy atom. The summed E-state index contributed by atoms with van der Waals surface area (Å²) in [7, 11) is 1.98. The van der Waals surface area contributed by atoms with Crippen LogP contribution in [0.2, 0.25) is 0 Å². The molecule has 0 saturated carbocycles. The first-order chi connectivity index (χ1) is 8.60. The summed E-state index contributed by atoms with van der Waals surface area (Å²) >= 11 is 3.54. The van der Waals surface area contributed by atoms with Crippen LogP contribution in [-0.2, 0) is 11.3 Å². The molecule has 1 aliphatic heterocycles. The average molecular weight is 313 g/mol. The van der Waals surface area contributed by atoms with E-state index in [9.17, 15) is 0 Å². The summed E-state index contributed by atoms with van der Waals surface area (Å²) in [6.45, 7) is 7.08. The summed E-state index contributed by atoms with van der Waals surface area (Å²) in [4.78, 5) is 2.43. The lowest BCUT2D eigenvalue weighted by atomic mass is 10.1. The third-order valence-electron chi connectivity index (χ3n) is 3.17. The van der Waals surface area contributed by atoms with E-state index in [0.717, 1.165) is 24.1 Å². The van der Waals surface area contributed by atoms with E-state index in [1.165, 1.54) is 11.3 Å². The van der Waals surface area contributed by atoms with Crippen LogP contribution in [0.15, 0.2) is 22.7 Å². The number of ether oxygens (including phenoxy) is 1. The van der Waals surface area contributed by atoms with E-state index in [0.29, 0.717) is 12.2 Å². The van der Waals surface area contributed by atoms with Crippen molar-refractivity contribution < 1.29 is 4.74 Å². The normalized spacial score (nSPS) is 24.3. The van der Waals surface area contributed by atoms with E-state index in [-0.39, 0.29) is 0 Å². The van der Waals surface area contributed by atoms with Gasteiger partial charge in [0.2, 0.25) is 0 Å². The molecule has 2 unspecified atom stereocenters. The van der Waals surface area contributed by atoms with E-state index in [1.54, 1.807) is 0 Å². The van der Waals surface area contributed by atoms with Crippen LogP contribution in [0.3, 0.4) is 0 Å². The molecule has 2 atom stereocenters. The molecule has 4 heteroatoms. The Hall–Kier alpha value is -0.580. The van der Waals surface area contributed by atoms with Crippen LogP contribution in [0.5, 0.6) is 0 Å². The number of benzene rings is 1. The zero-order valence-electron chi connectivity index (χ0n) is 11.2. The molecular weight excluding hydrogens is 292 g/mol. The fourth-order valence-electron chi connectivity index (χ4n) is 2.57. The number of nitrogens with zero attached hydrogens (tertiary/aromatic N) is 1. The maximum Gasteiger partial charge on any atom is 0.0726 e. The summed E-state index contributed by atoms with van der Waals surface area (Å²) in [6, 6.07) is 6.50. The Morgan fingerprint density at radius 1 is 1.33 bits per heavy atom. The van der Waals surface area contributed by atoms with Crippen molar-refractivity contribution in [2.45, 2.75) is 32.6 Å². The highest BCUT2D eigenvalue weighted by molar-refractivity contribution is 9.10. The minimum Gasteiger partial charge on any atom is -0.372 e. The molecule has 0 bridgehead atoms. The maximum absolute atomic E-state index is 5.79. The molecule has 0 spiro atoms. The van der Waals surface area contributed by atoms with Crippen molar-refractivity contribution in [2.75, 3.05) is 25.0 Å². The van der Waals surface area contributed by atoms with Crippen LogP contribution in [0.4, 0.5) is 5.69 Å². The predicted octanol–water partition coefficient (Wildman–Crippen LogP) is 2.78. The number of nitrogens with one attached hydrogen (secondary N) is 1. The van der Waals surface area contributed by atoms with E-state index in [2.05, 4.69) is 58.2 Å². The topological polar surface area (TPSA) is 24.5 Å². The van der Waals surface area contributed by atoms with Crippen LogP contribution < -0.4 is 10.2 Å². The lowest BCUT2D eigenvalue weighted by molar-refractivity contribution is -0.00526. The van der Waals surface area contributed by atoms with Crippen molar-refractivity contribution in [3.8, 4) is 0 Å². The number of morpholine rings is 1. The molecule has 0 aromatic heterocycles. The Bertz CT molecular complexity index is 401. The van der Waals surface area contributed by atoms with E-state index < -0.39 is 0 Å². The number of hydrogen-bond donors (Lipinski definition) is 1. The van der Waals surface area contributed by atoms with Gasteiger partial charge in [0.05, 0.1) is 12.2 Å². The highest BCUT2D eigenvalue weighted by Crippen LogP contribution is 2.27. The van der Waals surface area contributed by atoms with Crippen LogP contribution in [-0.4, -0.2) is 32.3 Å². The van der Waals surface area contributed by atoms with Gasteiger partial charge < -0.3 is 15.0 Å². The molecule has 1 aromatic rings. The van der Waals surface area contributed by atoms with Gasteiger partial charge in [0.25, 0.3) is 0 Å². The summed E-state index contributed by atoms with van der Waals surface area (Å²) in [5.74, 6) is 0. The molecule has 1 saturated heterocycles. The first kappa shape index (κ1) is 13.8. The second-order valence-corrected chi connectivity index (χ2v) is 5.88. The highest BCUT2D eigenvalue weighted by Gasteiger charge is 2.23. The van der Waals surface area contributed by atoms with Crippen LogP contribution in [0, 0.1) is 0 Å². The second kappa shape index (κ2) is 6.04. The zero-order valence-corrected chi connectivity index (χ0v) is 12.8. The average Bonchev–Trinajstić information content (AvgIpc) is 2.28. The van der Waals surface area contributed by atoms with Gasteiger partial charge in [-0.2, -0.15) is 0 Å². The molecule has 1 aromatic carbocycles. The van der Waals surface area contributed by atoms with Gasteiger partial charge in [0, 0.05) is 29.8 Å². The van der Waals surface area contributed by atoms with Gasteiger partial charge in [-0.25, -0.2) is 0 Å². The van der Waals surface area contributed by atoms with Gasteiger partial charge in [-0.1, -0.05) is 15.9 Å². The number of rotatable bonds is 3. The molecule has 1 heterocycles. The predicted molar refractivity (Wildman–Crippen MR) is 79.1 cm³/mol. The minimum atomic E-state index is 0.292. The van der Waals surface area contributed by atoms with Gasteiger partial charge in [-0.15, -0.1) is 0 Å². The third-order valence-corrected chi connectivity index (χ3v) is 3.66. The lowest BCUT2D eigenvalue weighted by Gasteiger charge is -2.37. The molecule has 100 valence electrons. The van der Waals surface area contributed by atoms with Crippen molar-refractivity contribution in [1.29, 1.82) is 0 Å².